The van der Waals surface area contributed by atoms with Crippen LogP contribution in [0.2, 0.25) is 5.02 Å². The van der Waals surface area contributed by atoms with Gasteiger partial charge in [0.15, 0.2) is 0 Å². The first kappa shape index (κ1) is 15.9. The van der Waals surface area contributed by atoms with Crippen LogP contribution < -0.4 is 15.4 Å². The van der Waals surface area contributed by atoms with Gasteiger partial charge in [-0.2, -0.15) is 0 Å². The van der Waals surface area contributed by atoms with E-state index in [0.29, 0.717) is 23.1 Å². The Morgan fingerprint density at radius 3 is 2.68 bits per heavy atom. The molecule has 114 valence electrons. The highest BCUT2D eigenvalue weighted by Crippen LogP contribution is 2.23. The number of urea groups is 1. The number of nitrogens with one attached hydrogen (secondary N) is 2. The molecule has 2 aromatic rings. The van der Waals surface area contributed by atoms with Gasteiger partial charge in [0.1, 0.15) is 5.75 Å². The summed E-state index contributed by atoms with van der Waals surface area (Å²) in [6, 6.07) is 14.3. The van der Waals surface area contributed by atoms with E-state index >= 15 is 0 Å². The Hall–Kier alpha value is -2.46. The number of halogens is 1. The maximum atomic E-state index is 11.9. The van der Waals surface area contributed by atoms with Gasteiger partial charge in [-0.3, -0.25) is 0 Å². The molecule has 0 aliphatic heterocycles. The van der Waals surface area contributed by atoms with E-state index in [1.54, 1.807) is 30.5 Å². The first-order valence-corrected chi connectivity index (χ1v) is 7.29. The lowest BCUT2D eigenvalue weighted by Gasteiger charge is -2.10. The van der Waals surface area contributed by atoms with E-state index in [-0.39, 0.29) is 6.03 Å². The van der Waals surface area contributed by atoms with E-state index < -0.39 is 0 Å². The molecule has 0 saturated carbocycles. The molecule has 0 aliphatic carbocycles. The minimum absolute atomic E-state index is 0.351. The monoisotopic (exact) mass is 316 g/mol. The van der Waals surface area contributed by atoms with Gasteiger partial charge in [0.2, 0.25) is 0 Å². The van der Waals surface area contributed by atoms with E-state index in [0.717, 1.165) is 5.56 Å². The normalized spacial score (nSPS) is 10.5. The number of rotatable bonds is 5. The first-order chi connectivity index (χ1) is 10.7. The highest BCUT2D eigenvalue weighted by Gasteiger charge is 2.05. The van der Waals surface area contributed by atoms with Crippen LogP contribution in [0, 0.1) is 0 Å². The third-order valence-corrected chi connectivity index (χ3v) is 3.16. The summed E-state index contributed by atoms with van der Waals surface area (Å²) in [6.07, 6.45) is 3.27. The Morgan fingerprint density at radius 2 is 1.91 bits per heavy atom. The van der Waals surface area contributed by atoms with Gasteiger partial charge in [-0.1, -0.05) is 41.9 Å². The minimum Gasteiger partial charge on any atom is -0.492 e. The zero-order valence-electron chi connectivity index (χ0n) is 12.2. The lowest BCUT2D eigenvalue weighted by atomic mass is 10.2. The van der Waals surface area contributed by atoms with Crippen LogP contribution in [-0.4, -0.2) is 12.6 Å². The smallest absolute Gasteiger partial charge is 0.323 e. The second kappa shape index (κ2) is 8.10. The van der Waals surface area contributed by atoms with Crippen molar-refractivity contribution in [3.63, 3.8) is 0 Å². The van der Waals surface area contributed by atoms with Gasteiger partial charge in [-0.25, -0.2) is 4.79 Å². The van der Waals surface area contributed by atoms with Crippen LogP contribution in [0.3, 0.4) is 0 Å². The molecule has 0 heterocycles. The van der Waals surface area contributed by atoms with Crippen molar-refractivity contribution in [3.8, 4) is 5.75 Å². The minimum atomic E-state index is -0.351. The van der Waals surface area contributed by atoms with Crippen molar-refractivity contribution in [2.75, 3.05) is 11.9 Å². The molecule has 2 aromatic carbocycles. The Balaban J connectivity index is 1.95. The molecule has 2 rings (SSSR count). The third kappa shape index (κ3) is 4.53. The number of benzene rings is 2. The summed E-state index contributed by atoms with van der Waals surface area (Å²) in [7, 11) is 0. The molecule has 22 heavy (non-hydrogen) atoms. The molecule has 0 aromatic heterocycles. The molecular formula is C17H17ClN2O2. The van der Waals surface area contributed by atoms with Crippen LogP contribution in [0.25, 0.3) is 6.08 Å². The lowest BCUT2D eigenvalue weighted by molar-refractivity contribution is 0.255. The predicted octanol–water partition coefficient (Wildman–Crippen LogP) is 4.53. The maximum absolute atomic E-state index is 11.9. The number of amides is 2. The van der Waals surface area contributed by atoms with Gasteiger partial charge in [0.25, 0.3) is 0 Å². The van der Waals surface area contributed by atoms with E-state index in [4.69, 9.17) is 16.3 Å². The zero-order valence-corrected chi connectivity index (χ0v) is 12.9. The van der Waals surface area contributed by atoms with Crippen molar-refractivity contribution in [2.45, 2.75) is 6.92 Å². The highest BCUT2D eigenvalue weighted by atomic mass is 35.5. The van der Waals surface area contributed by atoms with Gasteiger partial charge in [-0.15, -0.1) is 0 Å². The fourth-order valence-electron chi connectivity index (χ4n) is 1.83. The van der Waals surface area contributed by atoms with Gasteiger partial charge in [0, 0.05) is 11.2 Å². The number of anilines is 1. The second-order valence-corrected chi connectivity index (χ2v) is 4.79. The van der Waals surface area contributed by atoms with Crippen molar-refractivity contribution in [1.82, 2.24) is 5.32 Å². The molecule has 0 fully saturated rings. The Kier molecular flexibility index (Phi) is 5.86. The van der Waals surface area contributed by atoms with Gasteiger partial charge >= 0.3 is 6.03 Å². The van der Waals surface area contributed by atoms with E-state index in [2.05, 4.69) is 10.6 Å². The fraction of sp³-hybridized carbons (Fsp3) is 0.118. The molecule has 4 nitrogen and oxygen atoms in total. The number of ether oxygens (including phenoxy) is 1. The van der Waals surface area contributed by atoms with E-state index in [9.17, 15) is 4.79 Å². The van der Waals surface area contributed by atoms with Crippen LogP contribution in [-0.2, 0) is 0 Å². The third-order valence-electron chi connectivity index (χ3n) is 2.82. The van der Waals surface area contributed by atoms with Crippen LogP contribution in [0.1, 0.15) is 12.5 Å². The summed E-state index contributed by atoms with van der Waals surface area (Å²) < 4.78 is 5.45. The van der Waals surface area contributed by atoms with Crippen molar-refractivity contribution in [3.05, 3.63) is 65.3 Å². The Labute approximate surface area is 134 Å². The quantitative estimate of drug-likeness (QED) is 0.851. The summed E-state index contributed by atoms with van der Waals surface area (Å²) in [4.78, 5) is 11.9. The molecule has 0 spiro atoms. The number of para-hydroxylation sites is 2. The molecule has 0 aliphatic rings. The number of carbonyl (C=O) groups is 1. The second-order valence-electron chi connectivity index (χ2n) is 4.38. The van der Waals surface area contributed by atoms with Crippen molar-refractivity contribution in [2.24, 2.45) is 0 Å². The summed E-state index contributed by atoms with van der Waals surface area (Å²) in [5.74, 6) is 0.634. The average molecular weight is 317 g/mol. The van der Waals surface area contributed by atoms with E-state index in [1.807, 2.05) is 37.3 Å². The average Bonchev–Trinajstić information content (AvgIpc) is 2.51. The number of hydrogen-bond donors (Lipinski definition) is 2. The molecule has 0 saturated heterocycles. The summed E-state index contributed by atoms with van der Waals surface area (Å²) in [5, 5.41) is 6.00. The van der Waals surface area contributed by atoms with Crippen molar-refractivity contribution < 1.29 is 9.53 Å². The summed E-state index contributed by atoms with van der Waals surface area (Å²) in [5.41, 5.74) is 1.45. The van der Waals surface area contributed by atoms with Crippen LogP contribution in [0.5, 0.6) is 5.75 Å². The van der Waals surface area contributed by atoms with Crippen LogP contribution >= 0.6 is 11.6 Å². The van der Waals surface area contributed by atoms with Crippen molar-refractivity contribution >= 4 is 29.4 Å². The summed E-state index contributed by atoms with van der Waals surface area (Å²) >= 11 is 6.03. The zero-order chi connectivity index (χ0) is 15.8. The Bertz CT molecular complexity index is 671. The predicted molar refractivity (Wildman–Crippen MR) is 90.3 cm³/mol. The lowest BCUT2D eigenvalue weighted by Crippen LogP contribution is -2.24. The number of carbonyl (C=O) groups excluding carboxylic acids is 1. The molecule has 0 radical (unpaired) electrons. The largest absolute Gasteiger partial charge is 0.492 e. The van der Waals surface area contributed by atoms with Gasteiger partial charge in [-0.05, 0) is 36.8 Å². The first-order valence-electron chi connectivity index (χ1n) is 6.91. The highest BCUT2D eigenvalue weighted by molar-refractivity contribution is 6.32. The molecule has 5 heteroatoms. The SMILES string of the molecule is CCOc1ccccc1NC(=O)N/C=C/c1ccccc1Cl. The van der Waals surface area contributed by atoms with Crippen LogP contribution in [0.15, 0.2) is 54.7 Å². The van der Waals surface area contributed by atoms with Crippen molar-refractivity contribution in [1.29, 1.82) is 0 Å². The van der Waals surface area contributed by atoms with Gasteiger partial charge < -0.3 is 15.4 Å². The topological polar surface area (TPSA) is 50.4 Å². The maximum Gasteiger partial charge on any atom is 0.323 e. The standard InChI is InChI=1S/C17H17ClN2O2/c1-2-22-16-10-6-5-9-15(16)20-17(21)19-12-11-13-7-3-4-8-14(13)18/h3-12H,2H2,1H3,(H2,19,20,21)/b12-11+. The van der Waals surface area contributed by atoms with Crippen LogP contribution in [0.4, 0.5) is 10.5 Å². The molecule has 2 N–H and O–H groups in total. The number of hydrogen-bond acceptors (Lipinski definition) is 2. The molecule has 0 unspecified atom stereocenters. The molecular weight excluding hydrogens is 300 g/mol. The molecule has 0 atom stereocenters. The molecule has 0 bridgehead atoms. The van der Waals surface area contributed by atoms with Gasteiger partial charge in [0.05, 0.1) is 12.3 Å². The molecule has 2 amide bonds. The summed E-state index contributed by atoms with van der Waals surface area (Å²) in [6.45, 7) is 2.43. The fourth-order valence-corrected chi connectivity index (χ4v) is 2.03. The van der Waals surface area contributed by atoms with E-state index in [1.165, 1.54) is 0 Å². The Morgan fingerprint density at radius 1 is 1.18 bits per heavy atom.